The van der Waals surface area contributed by atoms with Crippen LogP contribution in [-0.2, 0) is 22.8 Å². The third-order valence-corrected chi connectivity index (χ3v) is 6.63. The maximum atomic E-state index is 14.9. The van der Waals surface area contributed by atoms with Gasteiger partial charge in [0.2, 0.25) is 11.7 Å². The molecule has 0 spiro atoms. The molecule has 2 heterocycles. The fraction of sp³-hybridized carbons (Fsp3) is 0.455. The standard InChI is InChI=1S/C22H24F4N8O4/c1-9-4-11-8-21(7-9,19(37)31-30-10(2)35)34(11)20(38)28-15-5-12(13(6-14(15)23)22(24,25)26)17-29-18(16(27)36)33(3)32-17/h5-6,9,11H,4,7-8H2,1-3H3,(H2,27,36)(H,28,38)(H,30,35)(H,31,37). The first-order valence-electron chi connectivity index (χ1n) is 11.4. The van der Waals surface area contributed by atoms with E-state index in [1.54, 1.807) is 0 Å². The Kier molecular flexibility index (Phi) is 6.53. The van der Waals surface area contributed by atoms with Gasteiger partial charge in [-0.2, -0.15) is 18.3 Å². The molecule has 5 amide bonds. The molecule has 12 nitrogen and oxygen atoms in total. The smallest absolute Gasteiger partial charge is 0.363 e. The number of amides is 5. The average molecular weight is 540 g/mol. The normalized spacial score (nSPS) is 22.3. The maximum Gasteiger partial charge on any atom is 0.417 e. The van der Waals surface area contributed by atoms with Crippen molar-refractivity contribution in [3.05, 3.63) is 29.3 Å². The zero-order chi connectivity index (χ0) is 28.2. The van der Waals surface area contributed by atoms with Crippen molar-refractivity contribution in [1.82, 2.24) is 30.5 Å². The summed E-state index contributed by atoms with van der Waals surface area (Å²) in [5.74, 6) is -4.55. The highest BCUT2D eigenvalue weighted by atomic mass is 19.4. The molecule has 16 heteroatoms. The molecule has 2 aromatic rings. The quantitative estimate of drug-likeness (QED) is 0.340. The molecule has 3 unspecified atom stereocenters. The summed E-state index contributed by atoms with van der Waals surface area (Å²) in [6.45, 7) is 3.08. The lowest BCUT2D eigenvalue weighted by molar-refractivity contribution is -0.157. The second kappa shape index (κ2) is 9.25. The SMILES string of the molecule is CC(=O)NNC(=O)C12CC(C)CC(C1)N2C(=O)Nc1cc(-c2nc(C(N)=O)n(C)n2)c(C(F)(F)F)cc1F. The first-order valence-corrected chi connectivity index (χ1v) is 11.4. The van der Waals surface area contributed by atoms with Crippen LogP contribution < -0.4 is 21.9 Å². The summed E-state index contributed by atoms with van der Waals surface area (Å²) in [5.41, 5.74) is 5.52. The van der Waals surface area contributed by atoms with Crippen LogP contribution in [0.3, 0.4) is 0 Å². The van der Waals surface area contributed by atoms with Crippen LogP contribution in [0.1, 0.15) is 49.3 Å². The van der Waals surface area contributed by atoms with E-state index in [2.05, 4.69) is 26.3 Å². The summed E-state index contributed by atoms with van der Waals surface area (Å²) in [4.78, 5) is 53.9. The van der Waals surface area contributed by atoms with Crippen LogP contribution in [0, 0.1) is 11.7 Å². The number of urea groups is 1. The molecule has 2 fully saturated rings. The molecule has 3 atom stereocenters. The van der Waals surface area contributed by atoms with Crippen LogP contribution in [-0.4, -0.2) is 55.0 Å². The summed E-state index contributed by atoms with van der Waals surface area (Å²) in [7, 11) is 1.24. The number of carbonyl (C=O) groups excluding carboxylic acids is 4. The number of benzene rings is 1. The minimum absolute atomic E-state index is 0.0602. The molecule has 1 aliphatic carbocycles. The molecule has 1 saturated heterocycles. The summed E-state index contributed by atoms with van der Waals surface area (Å²) >= 11 is 0. The lowest BCUT2D eigenvalue weighted by atomic mass is 9.64. The summed E-state index contributed by atoms with van der Waals surface area (Å²) in [5, 5.41) is 6.04. The number of aryl methyl sites for hydroxylation is 1. The predicted octanol–water partition coefficient (Wildman–Crippen LogP) is 1.68. The van der Waals surface area contributed by atoms with Crippen LogP contribution >= 0.6 is 0 Å². The van der Waals surface area contributed by atoms with Crippen molar-refractivity contribution < 1.29 is 36.7 Å². The van der Waals surface area contributed by atoms with E-state index < -0.39 is 69.7 Å². The van der Waals surface area contributed by atoms with Gasteiger partial charge in [-0.05, 0) is 30.9 Å². The minimum atomic E-state index is -5.03. The molecule has 4 rings (SSSR count). The van der Waals surface area contributed by atoms with E-state index in [1.165, 1.54) is 18.9 Å². The Morgan fingerprint density at radius 2 is 1.84 bits per heavy atom. The lowest BCUT2D eigenvalue weighted by Gasteiger charge is -2.61. The van der Waals surface area contributed by atoms with Crippen molar-refractivity contribution in [2.45, 2.75) is 50.9 Å². The van der Waals surface area contributed by atoms with Crippen molar-refractivity contribution in [3.8, 4) is 11.4 Å². The Labute approximate surface area is 212 Å². The van der Waals surface area contributed by atoms with Crippen LogP contribution in [0.4, 0.5) is 28.0 Å². The number of nitrogens with zero attached hydrogens (tertiary/aromatic N) is 4. The van der Waals surface area contributed by atoms with Gasteiger partial charge in [-0.25, -0.2) is 18.9 Å². The van der Waals surface area contributed by atoms with Crippen LogP contribution in [0.25, 0.3) is 11.4 Å². The third kappa shape index (κ3) is 4.61. The number of likely N-dealkylation sites (tertiary alicyclic amines) is 1. The molecule has 5 N–H and O–H groups in total. The maximum absolute atomic E-state index is 14.9. The molecule has 38 heavy (non-hydrogen) atoms. The van der Waals surface area contributed by atoms with Crippen molar-refractivity contribution in [3.63, 3.8) is 0 Å². The molecule has 1 saturated carbocycles. The van der Waals surface area contributed by atoms with Crippen molar-refractivity contribution in [1.29, 1.82) is 0 Å². The molecule has 0 radical (unpaired) electrons. The van der Waals surface area contributed by atoms with Crippen LogP contribution in [0.15, 0.2) is 12.1 Å². The first-order chi connectivity index (χ1) is 17.6. The molecule has 1 aromatic heterocycles. The monoisotopic (exact) mass is 540 g/mol. The van der Waals surface area contributed by atoms with E-state index in [0.717, 1.165) is 4.68 Å². The Hall–Kier alpha value is -4.24. The van der Waals surface area contributed by atoms with Crippen LogP contribution in [0.5, 0.6) is 0 Å². The van der Waals surface area contributed by atoms with Gasteiger partial charge in [0.05, 0.1) is 11.3 Å². The van der Waals surface area contributed by atoms with E-state index >= 15 is 0 Å². The fourth-order valence-electron chi connectivity index (χ4n) is 5.20. The number of anilines is 1. The Bertz CT molecular complexity index is 1340. The van der Waals surface area contributed by atoms with Gasteiger partial charge in [0.15, 0.2) is 5.82 Å². The lowest BCUT2D eigenvalue weighted by Crippen LogP contribution is -2.78. The van der Waals surface area contributed by atoms with Crippen molar-refractivity contribution in [2.75, 3.05) is 5.32 Å². The second-order valence-corrected chi connectivity index (χ2v) is 9.49. The number of hydrogen-bond donors (Lipinski definition) is 4. The van der Waals surface area contributed by atoms with Gasteiger partial charge in [0.25, 0.3) is 11.8 Å². The molecular weight excluding hydrogens is 516 g/mol. The van der Waals surface area contributed by atoms with Gasteiger partial charge in [0, 0.05) is 32.0 Å². The number of hydrazine groups is 1. The summed E-state index contributed by atoms with van der Waals surface area (Å²) in [6, 6.07) is -0.404. The zero-order valence-electron chi connectivity index (χ0n) is 20.4. The van der Waals surface area contributed by atoms with Crippen molar-refractivity contribution in [2.24, 2.45) is 18.7 Å². The topological polar surface area (TPSA) is 164 Å². The highest BCUT2D eigenvalue weighted by molar-refractivity contribution is 5.99. The molecule has 2 bridgehead atoms. The van der Waals surface area contributed by atoms with Gasteiger partial charge in [-0.1, -0.05) is 6.92 Å². The number of fused-ring (bicyclic) bond motifs is 2. The number of primary amides is 1. The van der Waals surface area contributed by atoms with Gasteiger partial charge < -0.3 is 16.0 Å². The number of hydrogen-bond acceptors (Lipinski definition) is 6. The number of halogens is 4. The number of nitrogens with two attached hydrogens (primary N) is 1. The van der Waals surface area contributed by atoms with E-state index in [4.69, 9.17) is 5.73 Å². The van der Waals surface area contributed by atoms with E-state index in [1.807, 2.05) is 6.92 Å². The van der Waals surface area contributed by atoms with Gasteiger partial charge in [-0.3, -0.25) is 25.2 Å². The zero-order valence-corrected chi connectivity index (χ0v) is 20.4. The number of nitrogens with one attached hydrogen (secondary N) is 3. The number of carbonyl (C=O) groups is 4. The number of rotatable bonds is 4. The Morgan fingerprint density at radius 3 is 2.42 bits per heavy atom. The molecule has 1 aliphatic heterocycles. The number of alkyl halides is 3. The number of piperidine rings is 1. The Morgan fingerprint density at radius 1 is 1.16 bits per heavy atom. The predicted molar refractivity (Wildman–Crippen MR) is 122 cm³/mol. The van der Waals surface area contributed by atoms with Crippen molar-refractivity contribution >= 4 is 29.4 Å². The molecule has 1 aromatic carbocycles. The first kappa shape index (κ1) is 26.8. The van der Waals surface area contributed by atoms with Gasteiger partial charge in [0.1, 0.15) is 11.4 Å². The largest absolute Gasteiger partial charge is 0.417 e. The fourth-order valence-corrected chi connectivity index (χ4v) is 5.20. The number of aromatic nitrogens is 3. The van der Waals surface area contributed by atoms with Crippen LogP contribution in [0.2, 0.25) is 0 Å². The summed E-state index contributed by atoms with van der Waals surface area (Å²) in [6.07, 6.45) is -3.92. The molecule has 2 aliphatic rings. The van der Waals surface area contributed by atoms with E-state index in [9.17, 15) is 36.7 Å². The minimum Gasteiger partial charge on any atom is -0.363 e. The van der Waals surface area contributed by atoms with Gasteiger partial charge >= 0.3 is 12.2 Å². The highest BCUT2D eigenvalue weighted by Gasteiger charge is 2.62. The van der Waals surface area contributed by atoms with E-state index in [-0.39, 0.29) is 24.4 Å². The Balaban J connectivity index is 1.69. The highest BCUT2D eigenvalue weighted by Crippen LogP contribution is 2.50. The third-order valence-electron chi connectivity index (χ3n) is 6.63. The van der Waals surface area contributed by atoms with Gasteiger partial charge in [-0.15, -0.1) is 0 Å². The molecule has 204 valence electrons. The summed E-state index contributed by atoms with van der Waals surface area (Å²) < 4.78 is 57.0. The average Bonchev–Trinajstić information content (AvgIpc) is 3.18. The molecular formula is C22H24F4N8O4. The second-order valence-electron chi connectivity index (χ2n) is 9.49. The van der Waals surface area contributed by atoms with E-state index in [0.29, 0.717) is 18.9 Å².